The van der Waals surface area contributed by atoms with E-state index in [1.807, 2.05) is 49.4 Å². The van der Waals surface area contributed by atoms with Crippen molar-refractivity contribution in [2.24, 2.45) is 0 Å². The molecule has 1 aromatic carbocycles. The van der Waals surface area contributed by atoms with E-state index in [0.717, 1.165) is 17.0 Å². The number of aromatic amines is 1. The van der Waals surface area contributed by atoms with Gasteiger partial charge in [-0.2, -0.15) is 0 Å². The van der Waals surface area contributed by atoms with Gasteiger partial charge in [-0.05, 0) is 19.1 Å². The number of aryl methyl sites for hydroxylation is 1. The number of nitrogens with one attached hydrogen (secondary N) is 2. The molecule has 0 aliphatic rings. The number of ether oxygens (including phenoxy) is 1. The van der Waals surface area contributed by atoms with Crippen molar-refractivity contribution in [3.63, 3.8) is 0 Å². The lowest BCUT2D eigenvalue weighted by Gasteiger charge is -2.06. The van der Waals surface area contributed by atoms with Gasteiger partial charge < -0.3 is 4.74 Å². The molecule has 1 aromatic heterocycles. The first kappa shape index (κ1) is 13.1. The Balaban J connectivity index is 2.05. The van der Waals surface area contributed by atoms with Crippen LogP contribution in [0.3, 0.4) is 0 Å². The van der Waals surface area contributed by atoms with Crippen LogP contribution in [0.2, 0.25) is 0 Å². The highest BCUT2D eigenvalue weighted by molar-refractivity contribution is 5.91. The lowest BCUT2D eigenvalue weighted by Crippen LogP contribution is -2.22. The van der Waals surface area contributed by atoms with E-state index in [2.05, 4.69) is 10.3 Å². The fourth-order valence-electron chi connectivity index (χ4n) is 1.87. The van der Waals surface area contributed by atoms with Gasteiger partial charge in [-0.15, -0.1) is 0 Å². The van der Waals surface area contributed by atoms with Crippen molar-refractivity contribution in [3.8, 4) is 5.75 Å². The highest BCUT2D eigenvalue weighted by atomic mass is 16.5. The second kappa shape index (κ2) is 6.00. The molecule has 0 fully saturated rings. The van der Waals surface area contributed by atoms with Crippen molar-refractivity contribution in [2.45, 2.75) is 13.3 Å². The van der Waals surface area contributed by atoms with Gasteiger partial charge in [0.2, 0.25) is 0 Å². The van der Waals surface area contributed by atoms with Gasteiger partial charge in [-0.1, -0.05) is 24.3 Å². The molecule has 0 aliphatic heterocycles. The van der Waals surface area contributed by atoms with Crippen molar-refractivity contribution in [1.29, 1.82) is 0 Å². The molecule has 0 aliphatic carbocycles. The Morgan fingerprint density at radius 1 is 1.21 bits per heavy atom. The third-order valence-electron chi connectivity index (χ3n) is 2.76. The van der Waals surface area contributed by atoms with Gasteiger partial charge in [0.05, 0.1) is 19.2 Å². The number of rotatable bonds is 4. The number of methoxy groups -OCH3 is 1. The Hall–Kier alpha value is -2.36. The zero-order valence-electron chi connectivity index (χ0n) is 11.1. The molecule has 1 amide bonds. The Kier molecular flexibility index (Phi) is 4.13. The first-order chi connectivity index (χ1) is 9.19. The molecule has 1 heterocycles. The SMILES string of the molecule is COc1ccccc1CC(=O)Nc1cccc(C)[nH+]1. The molecule has 2 aromatic rings. The Morgan fingerprint density at radius 2 is 2.00 bits per heavy atom. The van der Waals surface area contributed by atoms with Crippen molar-refractivity contribution in [1.82, 2.24) is 0 Å². The minimum absolute atomic E-state index is 0.0775. The average Bonchev–Trinajstić information content (AvgIpc) is 2.39. The van der Waals surface area contributed by atoms with Crippen LogP contribution >= 0.6 is 0 Å². The molecule has 0 saturated heterocycles. The molecular formula is C15H17N2O2+. The number of benzene rings is 1. The van der Waals surface area contributed by atoms with Crippen LogP contribution in [0.25, 0.3) is 0 Å². The molecule has 0 bridgehead atoms. The summed E-state index contributed by atoms with van der Waals surface area (Å²) in [6, 6.07) is 13.2. The molecule has 98 valence electrons. The van der Waals surface area contributed by atoms with Crippen LogP contribution in [0.15, 0.2) is 42.5 Å². The van der Waals surface area contributed by atoms with Crippen molar-refractivity contribution >= 4 is 11.7 Å². The average molecular weight is 257 g/mol. The van der Waals surface area contributed by atoms with Gasteiger partial charge in [-0.3, -0.25) is 0 Å². The maximum atomic E-state index is 12.0. The molecular weight excluding hydrogens is 240 g/mol. The zero-order chi connectivity index (χ0) is 13.7. The minimum Gasteiger partial charge on any atom is -0.496 e. The maximum absolute atomic E-state index is 12.0. The molecule has 0 spiro atoms. The highest BCUT2D eigenvalue weighted by Gasteiger charge is 2.13. The van der Waals surface area contributed by atoms with E-state index in [0.29, 0.717) is 5.82 Å². The summed E-state index contributed by atoms with van der Waals surface area (Å²) in [5, 5.41) is 2.83. The summed E-state index contributed by atoms with van der Waals surface area (Å²) in [6.45, 7) is 1.94. The number of para-hydroxylation sites is 1. The monoisotopic (exact) mass is 257 g/mol. The van der Waals surface area contributed by atoms with Crippen molar-refractivity contribution in [2.75, 3.05) is 12.4 Å². The number of amides is 1. The first-order valence-corrected chi connectivity index (χ1v) is 6.09. The van der Waals surface area contributed by atoms with Crippen molar-refractivity contribution < 1.29 is 14.5 Å². The molecule has 2 rings (SSSR count). The second-order valence-corrected chi connectivity index (χ2v) is 4.28. The summed E-state index contributed by atoms with van der Waals surface area (Å²) in [7, 11) is 1.60. The number of pyridine rings is 1. The molecule has 0 saturated carbocycles. The number of carbonyl (C=O) groups is 1. The van der Waals surface area contributed by atoms with Gasteiger partial charge in [0.15, 0.2) is 0 Å². The predicted octanol–water partition coefficient (Wildman–Crippen LogP) is 2.00. The summed E-state index contributed by atoms with van der Waals surface area (Å²) in [6.07, 6.45) is 0.284. The van der Waals surface area contributed by atoms with E-state index >= 15 is 0 Å². The van der Waals surface area contributed by atoms with E-state index in [-0.39, 0.29) is 12.3 Å². The summed E-state index contributed by atoms with van der Waals surface area (Å²) in [5.41, 5.74) is 1.87. The summed E-state index contributed by atoms with van der Waals surface area (Å²) in [4.78, 5) is 15.1. The van der Waals surface area contributed by atoms with Crippen molar-refractivity contribution in [3.05, 3.63) is 53.7 Å². The Labute approximate surface area is 112 Å². The van der Waals surface area contributed by atoms with Crippen LogP contribution < -0.4 is 15.0 Å². The van der Waals surface area contributed by atoms with Gasteiger partial charge in [0.25, 0.3) is 5.82 Å². The number of carbonyl (C=O) groups excluding carboxylic acids is 1. The van der Waals surface area contributed by atoms with Gasteiger partial charge in [0, 0.05) is 11.6 Å². The first-order valence-electron chi connectivity index (χ1n) is 6.09. The predicted molar refractivity (Wildman–Crippen MR) is 73.1 cm³/mol. The van der Waals surface area contributed by atoms with Gasteiger partial charge in [0.1, 0.15) is 5.75 Å². The van der Waals surface area contributed by atoms with E-state index in [1.165, 1.54) is 0 Å². The number of aromatic nitrogens is 1. The molecule has 0 atom stereocenters. The standard InChI is InChI=1S/C15H16N2O2/c1-11-6-5-9-14(16-11)17-15(18)10-12-7-3-4-8-13(12)19-2/h3-9H,10H2,1-2H3,(H,16,17,18)/p+1. The number of hydrogen-bond donors (Lipinski definition) is 1. The molecule has 2 N–H and O–H groups in total. The summed E-state index contributed by atoms with van der Waals surface area (Å²) >= 11 is 0. The van der Waals surface area contributed by atoms with E-state index in [4.69, 9.17) is 4.74 Å². The van der Waals surface area contributed by atoms with Gasteiger partial charge >= 0.3 is 5.91 Å². The number of hydrogen-bond acceptors (Lipinski definition) is 2. The normalized spacial score (nSPS) is 10.0. The molecule has 0 unspecified atom stereocenters. The fourth-order valence-corrected chi connectivity index (χ4v) is 1.87. The number of anilines is 1. The van der Waals surface area contributed by atoms with Crippen LogP contribution in [0.1, 0.15) is 11.3 Å². The molecule has 4 nitrogen and oxygen atoms in total. The van der Waals surface area contributed by atoms with Crippen LogP contribution in [0, 0.1) is 6.92 Å². The smallest absolute Gasteiger partial charge is 0.311 e. The minimum atomic E-state index is -0.0775. The van der Waals surface area contributed by atoms with E-state index in [1.54, 1.807) is 7.11 Å². The lowest BCUT2D eigenvalue weighted by atomic mass is 10.1. The van der Waals surface area contributed by atoms with Gasteiger partial charge in [-0.25, -0.2) is 15.1 Å². The quantitative estimate of drug-likeness (QED) is 0.910. The fraction of sp³-hybridized carbons (Fsp3) is 0.200. The Bertz CT molecular complexity index is 582. The van der Waals surface area contributed by atoms with E-state index in [9.17, 15) is 4.79 Å². The molecule has 0 radical (unpaired) electrons. The summed E-state index contributed by atoms with van der Waals surface area (Å²) in [5.74, 6) is 1.34. The maximum Gasteiger partial charge on any atom is 0.311 e. The van der Waals surface area contributed by atoms with Crippen LogP contribution in [-0.4, -0.2) is 13.0 Å². The zero-order valence-corrected chi connectivity index (χ0v) is 11.1. The Morgan fingerprint density at radius 3 is 2.74 bits per heavy atom. The van der Waals surface area contributed by atoms with Crippen LogP contribution in [-0.2, 0) is 11.2 Å². The van der Waals surface area contributed by atoms with Crippen LogP contribution in [0.4, 0.5) is 5.82 Å². The van der Waals surface area contributed by atoms with E-state index < -0.39 is 0 Å². The third-order valence-corrected chi connectivity index (χ3v) is 2.76. The summed E-state index contributed by atoms with van der Waals surface area (Å²) < 4.78 is 5.23. The topological polar surface area (TPSA) is 52.5 Å². The highest BCUT2D eigenvalue weighted by Crippen LogP contribution is 2.17. The molecule has 4 heteroatoms. The van der Waals surface area contributed by atoms with Crippen LogP contribution in [0.5, 0.6) is 5.75 Å². The molecule has 19 heavy (non-hydrogen) atoms. The number of H-pyrrole nitrogens is 1. The largest absolute Gasteiger partial charge is 0.496 e. The third kappa shape index (κ3) is 3.55. The lowest BCUT2D eigenvalue weighted by molar-refractivity contribution is -0.370. The second-order valence-electron chi connectivity index (χ2n) is 4.28.